The van der Waals surface area contributed by atoms with Crippen molar-refractivity contribution in [3.8, 4) is 17.2 Å². The van der Waals surface area contributed by atoms with Crippen molar-refractivity contribution >= 4 is 32.5 Å². The number of anilines is 1. The Hall–Kier alpha value is -2.80. The standard InChI is InChI=1S/C24H26N2O4S/c1-4-15-5-7-17-20(13-15)31-23(25-17)26-11-9-24(10-12-26)14-18(27)16-6-8-19(28-2)22(29-3)21(16)30-24/h5-8,13H,4,9-12,14H2,1-3H3. The number of ether oxygens (including phenoxy) is 3. The molecule has 3 aromatic rings. The first-order valence-electron chi connectivity index (χ1n) is 10.7. The highest BCUT2D eigenvalue weighted by Crippen LogP contribution is 2.48. The molecule has 2 aliphatic heterocycles. The van der Waals surface area contributed by atoms with Gasteiger partial charge in [-0.3, -0.25) is 4.79 Å². The molecule has 0 unspecified atom stereocenters. The van der Waals surface area contributed by atoms with Crippen LogP contribution in [0.1, 0.15) is 42.1 Å². The summed E-state index contributed by atoms with van der Waals surface area (Å²) >= 11 is 1.74. The number of ketones is 1. The molecule has 1 fully saturated rings. The monoisotopic (exact) mass is 438 g/mol. The predicted molar refractivity (Wildman–Crippen MR) is 122 cm³/mol. The average Bonchev–Trinajstić information content (AvgIpc) is 3.21. The lowest BCUT2D eigenvalue weighted by atomic mass is 9.82. The topological polar surface area (TPSA) is 60.9 Å². The number of hydrogen-bond acceptors (Lipinski definition) is 7. The number of aromatic nitrogens is 1. The molecule has 0 amide bonds. The number of hydrogen-bond donors (Lipinski definition) is 0. The summed E-state index contributed by atoms with van der Waals surface area (Å²) in [5.41, 5.74) is 2.44. The fourth-order valence-electron chi connectivity index (χ4n) is 4.56. The van der Waals surface area contributed by atoms with Crippen LogP contribution >= 0.6 is 11.3 Å². The van der Waals surface area contributed by atoms with E-state index in [-0.39, 0.29) is 5.78 Å². The van der Waals surface area contributed by atoms with E-state index in [0.29, 0.717) is 29.2 Å². The van der Waals surface area contributed by atoms with E-state index < -0.39 is 5.60 Å². The molecule has 2 aromatic carbocycles. The van der Waals surface area contributed by atoms with Gasteiger partial charge in [0.25, 0.3) is 0 Å². The van der Waals surface area contributed by atoms with Crippen LogP contribution in [0.3, 0.4) is 0 Å². The summed E-state index contributed by atoms with van der Waals surface area (Å²) in [6.07, 6.45) is 2.93. The molecule has 5 rings (SSSR count). The van der Waals surface area contributed by atoms with Crippen LogP contribution in [0.25, 0.3) is 10.2 Å². The van der Waals surface area contributed by atoms with Gasteiger partial charge in [0, 0.05) is 25.9 Å². The Balaban J connectivity index is 1.38. The smallest absolute Gasteiger partial charge is 0.204 e. The van der Waals surface area contributed by atoms with Crippen LogP contribution in [0.5, 0.6) is 17.2 Å². The van der Waals surface area contributed by atoms with Gasteiger partial charge >= 0.3 is 0 Å². The summed E-state index contributed by atoms with van der Waals surface area (Å²) in [6.45, 7) is 3.77. The minimum atomic E-state index is -0.508. The third-order valence-electron chi connectivity index (χ3n) is 6.40. The van der Waals surface area contributed by atoms with Gasteiger partial charge in [-0.25, -0.2) is 4.98 Å². The van der Waals surface area contributed by atoms with Crippen LogP contribution in [-0.2, 0) is 6.42 Å². The summed E-state index contributed by atoms with van der Waals surface area (Å²) in [7, 11) is 3.16. The molecule has 0 bridgehead atoms. The fraction of sp³-hybridized carbons (Fsp3) is 0.417. The Bertz CT molecular complexity index is 1150. The SMILES string of the molecule is CCc1ccc2nc(N3CCC4(CC3)CC(=O)c3ccc(OC)c(OC)c3O4)sc2c1. The number of piperidine rings is 1. The molecule has 0 N–H and O–H groups in total. The highest BCUT2D eigenvalue weighted by molar-refractivity contribution is 7.22. The van der Waals surface area contributed by atoms with Crippen molar-refractivity contribution in [2.45, 2.75) is 38.2 Å². The van der Waals surface area contributed by atoms with Crippen molar-refractivity contribution in [2.24, 2.45) is 0 Å². The molecule has 1 aromatic heterocycles. The number of carbonyl (C=O) groups excluding carboxylic acids is 1. The zero-order chi connectivity index (χ0) is 21.6. The lowest BCUT2D eigenvalue weighted by molar-refractivity contribution is 0.0208. The van der Waals surface area contributed by atoms with E-state index in [1.165, 1.54) is 10.3 Å². The van der Waals surface area contributed by atoms with E-state index >= 15 is 0 Å². The van der Waals surface area contributed by atoms with Crippen molar-refractivity contribution in [2.75, 3.05) is 32.2 Å². The maximum atomic E-state index is 13.0. The van der Waals surface area contributed by atoms with E-state index in [1.54, 1.807) is 37.7 Å². The molecule has 1 spiro atoms. The summed E-state index contributed by atoms with van der Waals surface area (Å²) in [4.78, 5) is 20.1. The average molecular weight is 439 g/mol. The minimum Gasteiger partial charge on any atom is -0.493 e. The van der Waals surface area contributed by atoms with E-state index in [4.69, 9.17) is 19.2 Å². The Morgan fingerprint density at radius 3 is 2.68 bits per heavy atom. The highest BCUT2D eigenvalue weighted by atomic mass is 32.1. The molecule has 0 saturated carbocycles. The molecule has 6 nitrogen and oxygen atoms in total. The van der Waals surface area contributed by atoms with Gasteiger partial charge in [-0.2, -0.15) is 0 Å². The Kier molecular flexibility index (Phi) is 5.01. The minimum absolute atomic E-state index is 0.0998. The third kappa shape index (κ3) is 3.41. The van der Waals surface area contributed by atoms with E-state index in [0.717, 1.165) is 43.0 Å². The fourth-order valence-corrected chi connectivity index (χ4v) is 5.64. The van der Waals surface area contributed by atoms with Crippen molar-refractivity contribution in [1.29, 1.82) is 0 Å². The van der Waals surface area contributed by atoms with Gasteiger partial charge in [-0.05, 0) is 36.2 Å². The molecule has 2 aliphatic rings. The molecule has 162 valence electrons. The number of aryl methyl sites for hydroxylation is 1. The Morgan fingerprint density at radius 1 is 1.16 bits per heavy atom. The van der Waals surface area contributed by atoms with Crippen LogP contribution in [0.2, 0.25) is 0 Å². The van der Waals surface area contributed by atoms with Crippen LogP contribution in [0.15, 0.2) is 30.3 Å². The second-order valence-electron chi connectivity index (χ2n) is 8.20. The first-order valence-corrected chi connectivity index (χ1v) is 11.5. The first-order chi connectivity index (χ1) is 15.1. The summed E-state index contributed by atoms with van der Waals surface area (Å²) in [6, 6.07) is 10.0. The molecule has 3 heterocycles. The lowest BCUT2D eigenvalue weighted by Gasteiger charge is -2.44. The molecular weight excluding hydrogens is 412 g/mol. The van der Waals surface area contributed by atoms with Crippen molar-refractivity contribution in [3.63, 3.8) is 0 Å². The summed E-state index contributed by atoms with van der Waals surface area (Å²) in [5, 5.41) is 1.04. The molecule has 0 radical (unpaired) electrons. The number of fused-ring (bicyclic) bond motifs is 2. The molecular formula is C24H26N2O4S. The van der Waals surface area contributed by atoms with Crippen molar-refractivity contribution < 1.29 is 19.0 Å². The van der Waals surface area contributed by atoms with E-state index in [2.05, 4.69) is 30.0 Å². The van der Waals surface area contributed by atoms with Crippen molar-refractivity contribution in [3.05, 3.63) is 41.5 Å². The van der Waals surface area contributed by atoms with Gasteiger partial charge in [0.1, 0.15) is 5.60 Å². The quantitative estimate of drug-likeness (QED) is 0.579. The lowest BCUT2D eigenvalue weighted by Crippen LogP contribution is -2.51. The van der Waals surface area contributed by atoms with Gasteiger partial charge in [-0.1, -0.05) is 24.3 Å². The normalized spacial score (nSPS) is 17.5. The number of rotatable bonds is 4. The largest absolute Gasteiger partial charge is 0.493 e. The Labute approximate surface area is 185 Å². The van der Waals surface area contributed by atoms with E-state index in [9.17, 15) is 4.79 Å². The predicted octanol–water partition coefficient (Wildman–Crippen LogP) is 4.88. The molecule has 0 atom stereocenters. The van der Waals surface area contributed by atoms with Gasteiger partial charge in [0.05, 0.1) is 36.4 Å². The maximum absolute atomic E-state index is 13.0. The molecule has 31 heavy (non-hydrogen) atoms. The second-order valence-corrected chi connectivity index (χ2v) is 9.21. The number of thiazole rings is 1. The zero-order valence-electron chi connectivity index (χ0n) is 18.1. The summed E-state index contributed by atoms with van der Waals surface area (Å²) < 4.78 is 18.7. The maximum Gasteiger partial charge on any atom is 0.204 e. The number of methoxy groups -OCH3 is 2. The molecule has 1 saturated heterocycles. The summed E-state index contributed by atoms with van der Waals surface area (Å²) in [5.74, 6) is 1.68. The zero-order valence-corrected chi connectivity index (χ0v) is 18.9. The van der Waals surface area contributed by atoms with Crippen LogP contribution in [-0.4, -0.2) is 43.7 Å². The van der Waals surface area contributed by atoms with Gasteiger partial charge in [-0.15, -0.1) is 0 Å². The molecule has 7 heteroatoms. The van der Waals surface area contributed by atoms with Crippen molar-refractivity contribution in [1.82, 2.24) is 4.98 Å². The first kappa shape index (κ1) is 20.1. The number of Topliss-reactive ketones (excluding diaryl/α,β-unsaturated/α-hetero) is 1. The van der Waals surface area contributed by atoms with E-state index in [1.807, 2.05) is 0 Å². The highest BCUT2D eigenvalue weighted by Gasteiger charge is 2.44. The van der Waals surface area contributed by atoms with Crippen LogP contribution in [0.4, 0.5) is 5.13 Å². The number of benzene rings is 2. The number of carbonyl (C=O) groups is 1. The van der Waals surface area contributed by atoms with Gasteiger partial charge < -0.3 is 19.1 Å². The van der Waals surface area contributed by atoms with Crippen LogP contribution < -0.4 is 19.1 Å². The second kappa shape index (κ2) is 7.71. The third-order valence-corrected chi connectivity index (χ3v) is 7.48. The Morgan fingerprint density at radius 2 is 1.97 bits per heavy atom. The van der Waals surface area contributed by atoms with Crippen LogP contribution in [0, 0.1) is 0 Å². The van der Waals surface area contributed by atoms with Gasteiger partial charge in [0.2, 0.25) is 5.75 Å². The molecule has 0 aliphatic carbocycles. The number of nitrogens with zero attached hydrogens (tertiary/aromatic N) is 2. The van der Waals surface area contributed by atoms with Gasteiger partial charge in [0.15, 0.2) is 22.4 Å².